The van der Waals surface area contributed by atoms with Crippen LogP contribution in [0.15, 0.2) is 12.2 Å². The van der Waals surface area contributed by atoms with E-state index in [1.54, 1.807) is 0 Å². The average molecular weight is 296 g/mol. The number of hydrogen-bond donors (Lipinski definition) is 1. The van der Waals surface area contributed by atoms with Crippen molar-refractivity contribution in [2.24, 2.45) is 0 Å². The molecule has 108 valence electrons. The lowest BCUT2D eigenvalue weighted by molar-refractivity contribution is 0.122. The lowest BCUT2D eigenvalue weighted by Crippen LogP contribution is -2.37. The van der Waals surface area contributed by atoms with Gasteiger partial charge in [0.05, 0.1) is 13.2 Å². The highest BCUT2D eigenvalue weighted by molar-refractivity contribution is 6.28. The monoisotopic (exact) mass is 295 g/mol. The summed E-state index contributed by atoms with van der Waals surface area (Å²) in [6.45, 7) is 2.96. The van der Waals surface area contributed by atoms with Crippen LogP contribution < -0.4 is 10.2 Å². The number of nitrogens with one attached hydrogen (secondary N) is 1. The van der Waals surface area contributed by atoms with Gasteiger partial charge in [0.1, 0.15) is 0 Å². The van der Waals surface area contributed by atoms with Gasteiger partial charge in [-0.25, -0.2) is 0 Å². The summed E-state index contributed by atoms with van der Waals surface area (Å²) in [4.78, 5) is 14.9. The second kappa shape index (κ2) is 6.37. The maximum absolute atomic E-state index is 6.01. The number of halogens is 1. The van der Waals surface area contributed by atoms with Crippen LogP contribution in [0.25, 0.3) is 0 Å². The molecule has 20 heavy (non-hydrogen) atoms. The fraction of sp³-hybridized carbons (Fsp3) is 0.615. The van der Waals surface area contributed by atoms with E-state index in [1.165, 1.54) is 0 Å². The highest BCUT2D eigenvalue weighted by Gasteiger charge is 2.17. The molecule has 0 spiro atoms. The SMILES string of the molecule is Clc1nc(NC2CC=CCC2)nc(N2CCOCC2)n1. The Bertz CT molecular complexity index is 490. The first-order chi connectivity index (χ1) is 9.81. The molecular weight excluding hydrogens is 278 g/mol. The average Bonchev–Trinajstić information content (AvgIpc) is 2.49. The number of aromatic nitrogens is 3. The molecule has 7 heteroatoms. The second-order valence-corrected chi connectivity index (χ2v) is 5.29. The van der Waals surface area contributed by atoms with Gasteiger partial charge in [-0.15, -0.1) is 0 Å². The molecule has 3 rings (SSSR count). The van der Waals surface area contributed by atoms with Crippen molar-refractivity contribution >= 4 is 23.5 Å². The number of nitrogens with zero attached hydrogens (tertiary/aromatic N) is 4. The molecule has 0 aromatic carbocycles. The van der Waals surface area contributed by atoms with Crippen LogP contribution in [0.1, 0.15) is 19.3 Å². The van der Waals surface area contributed by atoms with E-state index in [9.17, 15) is 0 Å². The maximum atomic E-state index is 6.01. The molecule has 6 nitrogen and oxygen atoms in total. The summed E-state index contributed by atoms with van der Waals surface area (Å²) in [5.41, 5.74) is 0. The van der Waals surface area contributed by atoms with E-state index >= 15 is 0 Å². The molecule has 1 fully saturated rings. The van der Waals surface area contributed by atoms with E-state index in [-0.39, 0.29) is 5.28 Å². The molecule has 1 atom stereocenters. The highest BCUT2D eigenvalue weighted by Crippen LogP contribution is 2.18. The van der Waals surface area contributed by atoms with Crippen molar-refractivity contribution in [1.82, 2.24) is 15.0 Å². The van der Waals surface area contributed by atoms with E-state index in [4.69, 9.17) is 16.3 Å². The van der Waals surface area contributed by atoms with Crippen LogP contribution in [0, 0.1) is 0 Å². The third kappa shape index (κ3) is 3.37. The number of hydrogen-bond acceptors (Lipinski definition) is 6. The van der Waals surface area contributed by atoms with Gasteiger partial charge in [-0.05, 0) is 30.9 Å². The molecule has 1 unspecified atom stereocenters. The summed E-state index contributed by atoms with van der Waals surface area (Å²) >= 11 is 6.01. The van der Waals surface area contributed by atoms with Crippen LogP contribution in [-0.2, 0) is 4.74 Å². The fourth-order valence-corrected chi connectivity index (χ4v) is 2.57. The first-order valence-electron chi connectivity index (χ1n) is 6.97. The molecule has 2 heterocycles. The summed E-state index contributed by atoms with van der Waals surface area (Å²) in [5.74, 6) is 1.19. The number of ether oxygens (including phenoxy) is 1. The van der Waals surface area contributed by atoms with Gasteiger partial charge in [-0.3, -0.25) is 0 Å². The molecular formula is C13H18ClN5O. The van der Waals surface area contributed by atoms with Gasteiger partial charge in [-0.2, -0.15) is 15.0 Å². The predicted octanol–water partition coefficient (Wildman–Crippen LogP) is 1.88. The standard InChI is InChI=1S/C13H18ClN5O/c14-11-16-12(15-10-4-2-1-3-5-10)18-13(17-11)19-6-8-20-9-7-19/h1-2,10H,3-9H2,(H,15,16,17,18). The Kier molecular flexibility index (Phi) is 4.32. The van der Waals surface area contributed by atoms with Gasteiger partial charge < -0.3 is 15.0 Å². The van der Waals surface area contributed by atoms with E-state index in [0.29, 0.717) is 31.2 Å². The second-order valence-electron chi connectivity index (χ2n) is 4.95. The van der Waals surface area contributed by atoms with Crippen molar-refractivity contribution < 1.29 is 4.74 Å². The number of morpholine rings is 1. The van der Waals surface area contributed by atoms with Gasteiger partial charge >= 0.3 is 0 Å². The Labute approximate surface area is 123 Å². The normalized spacial score (nSPS) is 22.9. The molecule has 1 aromatic heterocycles. The summed E-state index contributed by atoms with van der Waals surface area (Å²) < 4.78 is 5.33. The zero-order chi connectivity index (χ0) is 13.8. The number of anilines is 2. The molecule has 0 radical (unpaired) electrons. The van der Waals surface area contributed by atoms with Gasteiger partial charge in [-0.1, -0.05) is 12.2 Å². The third-order valence-corrected chi connectivity index (χ3v) is 3.66. The third-order valence-electron chi connectivity index (χ3n) is 3.49. The Hall–Kier alpha value is -1.40. The van der Waals surface area contributed by atoms with Gasteiger partial charge in [0.15, 0.2) is 0 Å². The Morgan fingerprint density at radius 2 is 2.05 bits per heavy atom. The summed E-state index contributed by atoms with van der Waals surface area (Å²) in [7, 11) is 0. The highest BCUT2D eigenvalue weighted by atomic mass is 35.5. The minimum Gasteiger partial charge on any atom is -0.378 e. The summed E-state index contributed by atoms with van der Waals surface area (Å²) in [6.07, 6.45) is 7.57. The minimum atomic E-state index is 0.232. The van der Waals surface area contributed by atoms with Crippen LogP contribution in [0.5, 0.6) is 0 Å². The van der Waals surface area contributed by atoms with Gasteiger partial charge in [0.2, 0.25) is 17.2 Å². The first kappa shape index (κ1) is 13.6. The van der Waals surface area contributed by atoms with Crippen LogP contribution in [-0.4, -0.2) is 47.3 Å². The molecule has 0 amide bonds. The van der Waals surface area contributed by atoms with Crippen LogP contribution in [0.2, 0.25) is 5.28 Å². The van der Waals surface area contributed by atoms with Crippen molar-refractivity contribution in [2.75, 3.05) is 36.5 Å². The lowest BCUT2D eigenvalue weighted by Gasteiger charge is -2.27. The summed E-state index contributed by atoms with van der Waals surface area (Å²) in [6, 6.07) is 0.371. The molecule has 1 aliphatic carbocycles. The first-order valence-corrected chi connectivity index (χ1v) is 7.35. The molecule has 0 saturated carbocycles. The Morgan fingerprint density at radius 3 is 2.80 bits per heavy atom. The Morgan fingerprint density at radius 1 is 1.20 bits per heavy atom. The van der Waals surface area contributed by atoms with Crippen LogP contribution in [0.3, 0.4) is 0 Å². The van der Waals surface area contributed by atoms with Crippen molar-refractivity contribution in [1.29, 1.82) is 0 Å². The molecule has 1 N–H and O–H groups in total. The van der Waals surface area contributed by atoms with Crippen LogP contribution >= 0.6 is 11.6 Å². The van der Waals surface area contributed by atoms with Crippen molar-refractivity contribution in [3.63, 3.8) is 0 Å². The van der Waals surface area contributed by atoms with E-state index in [2.05, 4.69) is 37.3 Å². The summed E-state index contributed by atoms with van der Waals surface area (Å²) in [5, 5.41) is 3.58. The number of rotatable bonds is 3. The molecule has 1 aromatic rings. The maximum Gasteiger partial charge on any atom is 0.231 e. The predicted molar refractivity (Wildman–Crippen MR) is 78.3 cm³/mol. The molecule has 0 bridgehead atoms. The van der Waals surface area contributed by atoms with Crippen molar-refractivity contribution in [3.8, 4) is 0 Å². The van der Waals surface area contributed by atoms with Crippen molar-refractivity contribution in [2.45, 2.75) is 25.3 Å². The molecule has 1 aliphatic heterocycles. The van der Waals surface area contributed by atoms with Gasteiger partial charge in [0.25, 0.3) is 0 Å². The quantitative estimate of drug-likeness (QED) is 0.859. The minimum absolute atomic E-state index is 0.232. The van der Waals surface area contributed by atoms with E-state index in [1.807, 2.05) is 0 Å². The molecule has 1 saturated heterocycles. The zero-order valence-corrected chi connectivity index (χ0v) is 12.0. The number of allylic oxidation sites excluding steroid dienone is 1. The fourth-order valence-electron chi connectivity index (χ4n) is 2.42. The van der Waals surface area contributed by atoms with E-state index in [0.717, 1.165) is 32.4 Å². The van der Waals surface area contributed by atoms with Gasteiger partial charge in [0, 0.05) is 19.1 Å². The Balaban J connectivity index is 1.73. The van der Waals surface area contributed by atoms with E-state index < -0.39 is 0 Å². The zero-order valence-electron chi connectivity index (χ0n) is 11.3. The largest absolute Gasteiger partial charge is 0.378 e. The van der Waals surface area contributed by atoms with Crippen LogP contribution in [0.4, 0.5) is 11.9 Å². The molecule has 2 aliphatic rings. The topological polar surface area (TPSA) is 63.2 Å². The smallest absolute Gasteiger partial charge is 0.231 e. The van der Waals surface area contributed by atoms with Crippen molar-refractivity contribution in [3.05, 3.63) is 17.4 Å². The lowest BCUT2D eigenvalue weighted by atomic mass is 10.0.